The maximum Gasteiger partial charge on any atom is 0.244 e. The maximum absolute atomic E-state index is 12.4. The van der Waals surface area contributed by atoms with Crippen LogP contribution in [0, 0.1) is 0 Å². The zero-order valence-corrected chi connectivity index (χ0v) is 11.1. The predicted octanol–water partition coefficient (Wildman–Crippen LogP) is 1.34. The first kappa shape index (κ1) is 12.4. The second-order valence-electron chi connectivity index (χ2n) is 5.18. The highest BCUT2D eigenvalue weighted by Gasteiger charge is 2.33. The molecule has 1 unspecified atom stereocenters. The molecule has 2 fully saturated rings. The third-order valence-electron chi connectivity index (χ3n) is 3.69. The zero-order chi connectivity index (χ0) is 13.2. The highest BCUT2D eigenvalue weighted by molar-refractivity contribution is 5.97. The molecule has 0 spiro atoms. The Bertz CT molecular complexity index is 456. The Morgan fingerprint density at radius 3 is 2.84 bits per heavy atom. The van der Waals surface area contributed by atoms with Crippen molar-refractivity contribution in [1.82, 2.24) is 10.3 Å². The molecule has 1 atom stereocenters. The Morgan fingerprint density at radius 1 is 1.37 bits per heavy atom. The van der Waals surface area contributed by atoms with E-state index in [1.54, 1.807) is 19.4 Å². The molecular weight excluding hydrogens is 242 g/mol. The fraction of sp³-hybridized carbons (Fsp3) is 0.571. The van der Waals surface area contributed by atoms with Crippen molar-refractivity contribution in [2.24, 2.45) is 0 Å². The summed E-state index contributed by atoms with van der Waals surface area (Å²) in [6.45, 7) is 0.774. The van der Waals surface area contributed by atoms with Gasteiger partial charge in [-0.3, -0.25) is 4.79 Å². The van der Waals surface area contributed by atoms with Crippen molar-refractivity contribution in [3.05, 3.63) is 18.3 Å². The molecule has 3 rings (SSSR count). The van der Waals surface area contributed by atoms with Crippen LogP contribution in [0.2, 0.25) is 0 Å². The molecule has 5 nitrogen and oxygen atoms in total. The minimum atomic E-state index is -0.0247. The Kier molecular flexibility index (Phi) is 3.38. The van der Waals surface area contributed by atoms with E-state index in [1.807, 2.05) is 11.0 Å². The van der Waals surface area contributed by atoms with E-state index < -0.39 is 0 Å². The monoisotopic (exact) mass is 261 g/mol. The van der Waals surface area contributed by atoms with E-state index in [9.17, 15) is 4.79 Å². The largest absolute Gasteiger partial charge is 0.481 e. The lowest BCUT2D eigenvalue weighted by Crippen LogP contribution is -2.51. The minimum absolute atomic E-state index is 0.0247. The second-order valence-corrected chi connectivity index (χ2v) is 5.18. The number of nitrogens with one attached hydrogen (secondary N) is 1. The number of nitrogens with zero attached hydrogens (tertiary/aromatic N) is 2. The van der Waals surface area contributed by atoms with Crippen LogP contribution in [0.15, 0.2) is 18.3 Å². The van der Waals surface area contributed by atoms with Crippen LogP contribution >= 0.6 is 0 Å². The second kappa shape index (κ2) is 5.17. The number of carbonyl (C=O) groups excluding carboxylic acids is 1. The maximum atomic E-state index is 12.4. The Labute approximate surface area is 113 Å². The summed E-state index contributed by atoms with van der Waals surface area (Å²) in [5.41, 5.74) is 0.855. The summed E-state index contributed by atoms with van der Waals surface area (Å²) in [4.78, 5) is 18.4. The molecule has 0 bridgehead atoms. The number of pyridine rings is 1. The van der Waals surface area contributed by atoms with Crippen LogP contribution in [-0.2, 0) is 4.79 Å². The van der Waals surface area contributed by atoms with Gasteiger partial charge in [0.2, 0.25) is 11.8 Å². The summed E-state index contributed by atoms with van der Waals surface area (Å²) >= 11 is 0. The number of aromatic nitrogens is 1. The molecule has 1 amide bonds. The number of rotatable bonds is 4. The first-order valence-electron chi connectivity index (χ1n) is 6.85. The van der Waals surface area contributed by atoms with Crippen LogP contribution in [0.4, 0.5) is 5.69 Å². The molecule has 1 saturated carbocycles. The summed E-state index contributed by atoms with van der Waals surface area (Å²) in [5.74, 6) is 0.742. The molecule has 0 radical (unpaired) electrons. The molecule has 1 aliphatic carbocycles. The SMILES string of the molecule is COc1ccc(N2CCCC(NC3CC3)C2=O)cn1. The lowest BCUT2D eigenvalue weighted by molar-refractivity contribution is -0.121. The van der Waals surface area contributed by atoms with Crippen LogP contribution in [-0.4, -0.2) is 36.6 Å². The van der Waals surface area contributed by atoms with E-state index in [2.05, 4.69) is 10.3 Å². The van der Waals surface area contributed by atoms with E-state index in [4.69, 9.17) is 4.74 Å². The van der Waals surface area contributed by atoms with Crippen molar-refractivity contribution in [3.63, 3.8) is 0 Å². The Hall–Kier alpha value is -1.62. The molecule has 0 aromatic carbocycles. The number of ether oxygens (including phenoxy) is 1. The number of amides is 1. The Morgan fingerprint density at radius 2 is 2.21 bits per heavy atom. The fourth-order valence-corrected chi connectivity index (χ4v) is 2.47. The standard InChI is InChI=1S/C14H19N3O2/c1-19-13-7-6-11(9-15-13)17-8-2-3-12(14(17)18)16-10-4-5-10/h6-7,9-10,12,16H,2-5,8H2,1H3. The first-order chi connectivity index (χ1) is 9.28. The minimum Gasteiger partial charge on any atom is -0.481 e. The lowest BCUT2D eigenvalue weighted by Gasteiger charge is -2.32. The van der Waals surface area contributed by atoms with E-state index in [0.717, 1.165) is 25.1 Å². The van der Waals surface area contributed by atoms with E-state index in [0.29, 0.717) is 11.9 Å². The number of anilines is 1. The summed E-state index contributed by atoms with van der Waals surface area (Å²) in [5, 5.41) is 3.43. The van der Waals surface area contributed by atoms with Gasteiger partial charge in [-0.15, -0.1) is 0 Å². The number of carbonyl (C=O) groups is 1. The molecule has 1 N–H and O–H groups in total. The van der Waals surface area contributed by atoms with Gasteiger partial charge >= 0.3 is 0 Å². The van der Waals surface area contributed by atoms with Crippen molar-refractivity contribution in [2.75, 3.05) is 18.6 Å². The van der Waals surface area contributed by atoms with E-state index in [1.165, 1.54) is 12.8 Å². The van der Waals surface area contributed by atoms with E-state index in [-0.39, 0.29) is 11.9 Å². The van der Waals surface area contributed by atoms with Crippen LogP contribution in [0.5, 0.6) is 5.88 Å². The highest BCUT2D eigenvalue weighted by atomic mass is 16.5. The molecule has 1 saturated heterocycles. The van der Waals surface area contributed by atoms with Gasteiger partial charge < -0.3 is 15.0 Å². The average Bonchev–Trinajstić information content (AvgIpc) is 3.25. The van der Waals surface area contributed by atoms with Crippen LogP contribution in [0.1, 0.15) is 25.7 Å². The quantitative estimate of drug-likeness (QED) is 0.888. The van der Waals surface area contributed by atoms with Gasteiger partial charge in [0.25, 0.3) is 0 Å². The van der Waals surface area contributed by atoms with Crippen LogP contribution < -0.4 is 15.0 Å². The predicted molar refractivity (Wildman–Crippen MR) is 72.3 cm³/mol. The first-order valence-corrected chi connectivity index (χ1v) is 6.85. The van der Waals surface area contributed by atoms with Crippen molar-refractivity contribution in [3.8, 4) is 5.88 Å². The molecule has 19 heavy (non-hydrogen) atoms. The van der Waals surface area contributed by atoms with Crippen LogP contribution in [0.25, 0.3) is 0 Å². The van der Waals surface area contributed by atoms with Crippen molar-refractivity contribution in [2.45, 2.75) is 37.8 Å². The average molecular weight is 261 g/mol. The summed E-state index contributed by atoms with van der Waals surface area (Å²) in [6.07, 6.45) is 6.08. The van der Waals surface area contributed by atoms with Crippen LogP contribution in [0.3, 0.4) is 0 Å². The molecule has 2 heterocycles. The normalized spacial score (nSPS) is 23.5. The molecule has 5 heteroatoms. The van der Waals surface area contributed by atoms with Gasteiger partial charge in [-0.1, -0.05) is 0 Å². The molecule has 1 aromatic rings. The third kappa shape index (κ3) is 2.71. The zero-order valence-electron chi connectivity index (χ0n) is 11.1. The lowest BCUT2D eigenvalue weighted by atomic mass is 10.0. The van der Waals surface area contributed by atoms with Gasteiger partial charge in [-0.2, -0.15) is 0 Å². The fourth-order valence-electron chi connectivity index (χ4n) is 2.47. The number of hydrogen-bond acceptors (Lipinski definition) is 4. The molecular formula is C14H19N3O2. The van der Waals surface area contributed by atoms with Gasteiger partial charge in [0.05, 0.1) is 25.0 Å². The summed E-state index contributed by atoms with van der Waals surface area (Å²) in [7, 11) is 1.59. The number of piperidine rings is 1. The smallest absolute Gasteiger partial charge is 0.244 e. The molecule has 2 aliphatic rings. The van der Waals surface area contributed by atoms with E-state index >= 15 is 0 Å². The van der Waals surface area contributed by atoms with Crippen molar-refractivity contribution >= 4 is 11.6 Å². The van der Waals surface area contributed by atoms with Gasteiger partial charge in [-0.05, 0) is 31.7 Å². The Balaban J connectivity index is 1.72. The third-order valence-corrected chi connectivity index (χ3v) is 3.69. The summed E-state index contributed by atoms with van der Waals surface area (Å²) < 4.78 is 5.04. The number of hydrogen-bond donors (Lipinski definition) is 1. The van der Waals surface area contributed by atoms with Gasteiger partial charge in [0.1, 0.15) is 0 Å². The van der Waals surface area contributed by atoms with Gasteiger partial charge in [0.15, 0.2) is 0 Å². The summed E-state index contributed by atoms with van der Waals surface area (Å²) in [6, 6.07) is 4.22. The molecule has 1 aromatic heterocycles. The van der Waals surface area contributed by atoms with Gasteiger partial charge in [-0.25, -0.2) is 4.98 Å². The number of methoxy groups -OCH3 is 1. The van der Waals surface area contributed by atoms with Gasteiger partial charge in [0, 0.05) is 18.7 Å². The molecule has 102 valence electrons. The van der Waals surface area contributed by atoms with Crippen molar-refractivity contribution in [1.29, 1.82) is 0 Å². The van der Waals surface area contributed by atoms with Crippen molar-refractivity contribution < 1.29 is 9.53 Å². The molecule has 1 aliphatic heterocycles. The topological polar surface area (TPSA) is 54.5 Å². The highest BCUT2D eigenvalue weighted by Crippen LogP contribution is 2.25.